The van der Waals surface area contributed by atoms with E-state index in [0.29, 0.717) is 5.75 Å². The van der Waals surface area contributed by atoms with Crippen LogP contribution in [-0.2, 0) is 25.7 Å². The number of hydrogen-bond acceptors (Lipinski definition) is 5. The van der Waals surface area contributed by atoms with Crippen LogP contribution >= 0.6 is 0 Å². The van der Waals surface area contributed by atoms with Gasteiger partial charge < -0.3 is 24.4 Å². The predicted molar refractivity (Wildman–Crippen MR) is 137 cm³/mol. The van der Waals surface area contributed by atoms with Gasteiger partial charge in [0.25, 0.3) is 0 Å². The molecule has 1 fully saturated rings. The van der Waals surface area contributed by atoms with E-state index in [4.69, 9.17) is 14.2 Å². The summed E-state index contributed by atoms with van der Waals surface area (Å²) >= 11 is 0. The van der Waals surface area contributed by atoms with Crippen LogP contribution in [-0.4, -0.2) is 34.6 Å². The van der Waals surface area contributed by atoms with E-state index >= 15 is 0 Å². The van der Waals surface area contributed by atoms with Crippen molar-refractivity contribution in [3.8, 4) is 23.0 Å². The van der Waals surface area contributed by atoms with Crippen molar-refractivity contribution in [2.24, 2.45) is 11.3 Å². The maximum Gasteiger partial charge on any atom is 0.165 e. The molecule has 1 aliphatic carbocycles. The van der Waals surface area contributed by atoms with Crippen LogP contribution in [0.25, 0.3) is 0 Å². The molecule has 35 heavy (non-hydrogen) atoms. The molecule has 1 unspecified atom stereocenters. The minimum absolute atomic E-state index is 0.209. The molecule has 5 rings (SSSR count). The Kier molecular flexibility index (Phi) is 5.78. The van der Waals surface area contributed by atoms with Gasteiger partial charge in [-0.2, -0.15) is 0 Å². The fraction of sp³-hybridized carbons (Fsp3) is 0.600. The summed E-state index contributed by atoms with van der Waals surface area (Å²) in [6.07, 6.45) is 5.48. The van der Waals surface area contributed by atoms with Crippen LogP contribution in [0, 0.1) is 11.3 Å². The largest absolute Gasteiger partial charge is 0.508 e. The Morgan fingerprint density at radius 3 is 2.40 bits per heavy atom. The lowest BCUT2D eigenvalue weighted by molar-refractivity contribution is -0.138. The molecule has 2 aromatic rings. The molecule has 2 heterocycles. The highest BCUT2D eigenvalue weighted by Gasteiger charge is 2.54. The fourth-order valence-electron chi connectivity index (χ4n) is 6.57. The molecule has 0 saturated heterocycles. The predicted octanol–water partition coefficient (Wildman–Crippen LogP) is 5.78. The summed E-state index contributed by atoms with van der Waals surface area (Å²) in [5.74, 6) is 3.00. The Morgan fingerprint density at radius 2 is 1.69 bits per heavy atom. The molecule has 0 bridgehead atoms. The lowest BCUT2D eigenvalue weighted by Gasteiger charge is -2.55. The number of benzene rings is 2. The number of aliphatic hydroxyl groups excluding tert-OH is 1. The van der Waals surface area contributed by atoms with Crippen LogP contribution in [0.2, 0.25) is 0 Å². The highest BCUT2D eigenvalue weighted by atomic mass is 16.5. The first kappa shape index (κ1) is 24.3. The van der Waals surface area contributed by atoms with Crippen LogP contribution in [0.5, 0.6) is 23.0 Å². The number of methoxy groups -OCH3 is 1. The summed E-state index contributed by atoms with van der Waals surface area (Å²) in [5, 5.41) is 21.3. The zero-order valence-electron chi connectivity index (χ0n) is 22.0. The molecule has 0 radical (unpaired) electrons. The van der Waals surface area contributed by atoms with Crippen LogP contribution in [0.4, 0.5) is 0 Å². The number of phenolic OH excluding ortho intramolecular Hbond substituents is 1. The minimum atomic E-state index is -0.320. The van der Waals surface area contributed by atoms with Gasteiger partial charge in [0, 0.05) is 11.5 Å². The molecular weight excluding hydrogens is 440 g/mol. The standard InChI is InChI=1S/C30H40O5/c1-28(2)11-9-21-22(31)14-19(15-23(21)34-28)8-7-18-13-20-17-25-29(3,4)26(32)10-12-30(25,5)35-27(20)24(16-18)33-6/h13-16,25-26,31-32H,7-12,17H2,1-6H3/t25?,26-,30-/m1/s1. The van der Waals surface area contributed by atoms with Crippen molar-refractivity contribution in [2.45, 2.75) is 96.9 Å². The average Bonchev–Trinajstić information content (AvgIpc) is 2.78. The molecule has 5 heteroatoms. The number of phenols is 1. The average molecular weight is 481 g/mol. The summed E-state index contributed by atoms with van der Waals surface area (Å²) in [4.78, 5) is 0. The van der Waals surface area contributed by atoms with Crippen LogP contribution in [0.3, 0.4) is 0 Å². The minimum Gasteiger partial charge on any atom is -0.508 e. The Hall–Kier alpha value is -2.40. The zero-order valence-corrected chi connectivity index (χ0v) is 22.0. The highest BCUT2D eigenvalue weighted by Crippen LogP contribution is 2.55. The van der Waals surface area contributed by atoms with Gasteiger partial charge in [0.1, 0.15) is 22.7 Å². The lowest BCUT2D eigenvalue weighted by Crippen LogP contribution is -2.58. The number of aliphatic hydroxyl groups is 1. The number of aromatic hydroxyl groups is 1. The molecule has 0 amide bonds. The first-order valence-corrected chi connectivity index (χ1v) is 13.0. The van der Waals surface area contributed by atoms with E-state index in [9.17, 15) is 10.2 Å². The van der Waals surface area contributed by atoms with E-state index in [1.54, 1.807) is 7.11 Å². The molecule has 0 spiro atoms. The van der Waals surface area contributed by atoms with Crippen molar-refractivity contribution >= 4 is 0 Å². The molecule has 190 valence electrons. The molecule has 2 aromatic carbocycles. The fourth-order valence-corrected chi connectivity index (χ4v) is 6.57. The second-order valence-electron chi connectivity index (χ2n) is 12.3. The van der Waals surface area contributed by atoms with Crippen molar-refractivity contribution in [1.29, 1.82) is 0 Å². The first-order chi connectivity index (χ1) is 16.4. The molecule has 2 N–H and O–H groups in total. The van der Waals surface area contributed by atoms with Crippen molar-refractivity contribution in [3.05, 3.63) is 46.5 Å². The van der Waals surface area contributed by atoms with Crippen molar-refractivity contribution in [2.75, 3.05) is 7.11 Å². The van der Waals surface area contributed by atoms with Gasteiger partial charge in [0.15, 0.2) is 11.5 Å². The topological polar surface area (TPSA) is 68.2 Å². The first-order valence-electron chi connectivity index (χ1n) is 13.0. The second-order valence-corrected chi connectivity index (χ2v) is 12.3. The van der Waals surface area contributed by atoms with Crippen molar-refractivity contribution in [3.63, 3.8) is 0 Å². The quantitative estimate of drug-likeness (QED) is 0.581. The maximum atomic E-state index is 10.7. The Bertz CT molecular complexity index is 1130. The third kappa shape index (κ3) is 4.26. The van der Waals surface area contributed by atoms with E-state index in [1.165, 1.54) is 5.56 Å². The van der Waals surface area contributed by atoms with Gasteiger partial charge in [0.2, 0.25) is 0 Å². The number of aryl methyl sites for hydroxylation is 2. The van der Waals surface area contributed by atoms with Crippen LogP contribution in [0.15, 0.2) is 24.3 Å². The Balaban J connectivity index is 1.41. The molecule has 3 atom stereocenters. The second kappa shape index (κ2) is 8.33. The monoisotopic (exact) mass is 480 g/mol. The van der Waals surface area contributed by atoms with E-state index in [-0.39, 0.29) is 28.6 Å². The van der Waals surface area contributed by atoms with E-state index in [2.05, 4.69) is 52.8 Å². The third-order valence-corrected chi connectivity index (χ3v) is 8.89. The molecule has 5 nitrogen and oxygen atoms in total. The number of hydrogen-bond donors (Lipinski definition) is 2. The maximum absolute atomic E-state index is 10.7. The Morgan fingerprint density at radius 1 is 0.971 bits per heavy atom. The molecule has 1 saturated carbocycles. The van der Waals surface area contributed by atoms with Gasteiger partial charge in [0.05, 0.1) is 13.2 Å². The van der Waals surface area contributed by atoms with Gasteiger partial charge in [-0.25, -0.2) is 0 Å². The number of ether oxygens (including phenoxy) is 3. The Labute approximate surface area is 209 Å². The van der Waals surface area contributed by atoms with E-state index < -0.39 is 0 Å². The molecular formula is C30H40O5. The normalized spacial score (nSPS) is 28.1. The summed E-state index contributed by atoms with van der Waals surface area (Å²) in [6.45, 7) is 10.7. The van der Waals surface area contributed by atoms with E-state index in [0.717, 1.165) is 78.9 Å². The molecule has 3 aliphatic rings. The van der Waals surface area contributed by atoms with Gasteiger partial charge in [-0.1, -0.05) is 19.9 Å². The van der Waals surface area contributed by atoms with Gasteiger partial charge in [-0.3, -0.25) is 0 Å². The van der Waals surface area contributed by atoms with E-state index in [1.807, 2.05) is 6.07 Å². The van der Waals surface area contributed by atoms with Crippen LogP contribution < -0.4 is 14.2 Å². The molecule has 2 aliphatic heterocycles. The van der Waals surface area contributed by atoms with Crippen molar-refractivity contribution < 1.29 is 24.4 Å². The summed E-state index contributed by atoms with van der Waals surface area (Å²) < 4.78 is 18.6. The third-order valence-electron chi connectivity index (χ3n) is 8.89. The zero-order chi connectivity index (χ0) is 25.2. The van der Waals surface area contributed by atoms with Gasteiger partial charge in [-0.15, -0.1) is 0 Å². The van der Waals surface area contributed by atoms with Gasteiger partial charge in [-0.05, 0) is 106 Å². The number of rotatable bonds is 4. The number of fused-ring (bicyclic) bond motifs is 3. The van der Waals surface area contributed by atoms with Crippen LogP contribution in [0.1, 0.15) is 76.1 Å². The lowest BCUT2D eigenvalue weighted by atomic mass is 9.57. The SMILES string of the molecule is COc1cc(CCc2cc(O)c3c(c2)OC(C)(C)CC3)cc2c1O[C@]1(C)CC[C@@H](O)C(C)(C)C1C2. The summed E-state index contributed by atoms with van der Waals surface area (Å²) in [6, 6.07) is 8.30. The molecule has 0 aromatic heterocycles. The van der Waals surface area contributed by atoms with Crippen molar-refractivity contribution in [1.82, 2.24) is 0 Å². The smallest absolute Gasteiger partial charge is 0.165 e. The van der Waals surface area contributed by atoms with Gasteiger partial charge >= 0.3 is 0 Å². The summed E-state index contributed by atoms with van der Waals surface area (Å²) in [5.41, 5.74) is 3.58. The highest BCUT2D eigenvalue weighted by molar-refractivity contribution is 5.53. The summed E-state index contributed by atoms with van der Waals surface area (Å²) in [7, 11) is 1.70.